The molecular weight excluding hydrogens is 304 g/mol. The highest BCUT2D eigenvalue weighted by molar-refractivity contribution is 6.00. The van der Waals surface area contributed by atoms with Crippen LogP contribution in [0.5, 0.6) is 0 Å². The molecule has 1 aromatic rings. The lowest BCUT2D eigenvalue weighted by Gasteiger charge is -2.48. The number of hydrogen-bond acceptors (Lipinski definition) is 4. The topological polar surface area (TPSA) is 56.5 Å². The van der Waals surface area contributed by atoms with Crippen LogP contribution in [0.1, 0.15) is 57.1 Å². The number of hydrogen-bond donors (Lipinski definition) is 0. The summed E-state index contributed by atoms with van der Waals surface area (Å²) < 4.78 is 11.0. The normalized spacial score (nSPS) is 41.0. The summed E-state index contributed by atoms with van der Waals surface area (Å²) >= 11 is 0. The van der Waals surface area contributed by atoms with Gasteiger partial charge in [0.05, 0.1) is 17.9 Å². The molecule has 1 spiro atoms. The molecule has 5 rings (SSSR count). The van der Waals surface area contributed by atoms with Crippen molar-refractivity contribution in [1.82, 2.24) is 0 Å². The van der Waals surface area contributed by atoms with Crippen LogP contribution in [0.2, 0.25) is 0 Å². The van der Waals surface area contributed by atoms with Gasteiger partial charge in [-0.15, -0.1) is 0 Å². The molecule has 0 aromatic carbocycles. The number of fused-ring (bicyclic) bond motifs is 1. The van der Waals surface area contributed by atoms with Crippen molar-refractivity contribution in [2.24, 2.45) is 23.2 Å². The number of carbonyl (C=O) groups excluding carboxylic acids is 2. The molecule has 1 aromatic heterocycles. The number of rotatable bonds is 1. The summed E-state index contributed by atoms with van der Waals surface area (Å²) in [5, 5.41) is 0. The highest BCUT2D eigenvalue weighted by atomic mass is 16.6. The number of carbonyl (C=O) groups is 2. The fourth-order valence-corrected chi connectivity index (χ4v) is 6.01. The van der Waals surface area contributed by atoms with Crippen LogP contribution in [-0.2, 0) is 14.3 Å². The zero-order valence-corrected chi connectivity index (χ0v) is 13.9. The summed E-state index contributed by atoms with van der Waals surface area (Å²) in [6.45, 7) is 2.19. The monoisotopic (exact) mass is 326 g/mol. The molecule has 4 aliphatic rings. The van der Waals surface area contributed by atoms with Crippen LogP contribution in [0.25, 0.3) is 0 Å². The van der Waals surface area contributed by atoms with Crippen molar-refractivity contribution in [2.75, 3.05) is 0 Å². The second kappa shape index (κ2) is 4.84. The van der Waals surface area contributed by atoms with Gasteiger partial charge >= 0.3 is 5.97 Å². The van der Waals surface area contributed by atoms with Crippen LogP contribution in [-0.4, -0.2) is 11.8 Å². The Balaban J connectivity index is 1.59. The predicted molar refractivity (Wildman–Crippen MR) is 85.9 cm³/mol. The Labute approximate surface area is 141 Å². The van der Waals surface area contributed by atoms with E-state index in [1.54, 1.807) is 12.5 Å². The first-order valence-electron chi connectivity index (χ1n) is 9.10. The zero-order chi connectivity index (χ0) is 16.5. The maximum Gasteiger partial charge on any atom is 0.313 e. The fourth-order valence-electron chi connectivity index (χ4n) is 6.01. The number of ether oxygens (including phenoxy) is 1. The van der Waals surface area contributed by atoms with Crippen molar-refractivity contribution in [3.05, 3.63) is 35.3 Å². The molecule has 2 heterocycles. The van der Waals surface area contributed by atoms with Gasteiger partial charge in [0.1, 0.15) is 6.10 Å². The molecule has 1 saturated carbocycles. The second-order valence-corrected chi connectivity index (χ2v) is 8.03. The molecule has 24 heavy (non-hydrogen) atoms. The second-order valence-electron chi connectivity index (χ2n) is 8.03. The van der Waals surface area contributed by atoms with Gasteiger partial charge in [-0.05, 0) is 55.1 Å². The third-order valence-electron chi connectivity index (χ3n) is 7.06. The smallest absolute Gasteiger partial charge is 0.313 e. The third-order valence-corrected chi connectivity index (χ3v) is 7.06. The summed E-state index contributed by atoms with van der Waals surface area (Å²) in [5.41, 5.74) is 2.88. The van der Waals surface area contributed by atoms with E-state index in [-0.39, 0.29) is 23.9 Å². The van der Waals surface area contributed by atoms with Gasteiger partial charge in [0.15, 0.2) is 5.78 Å². The van der Waals surface area contributed by atoms with Gasteiger partial charge in [-0.25, -0.2) is 0 Å². The van der Waals surface area contributed by atoms with Crippen molar-refractivity contribution in [2.45, 2.75) is 51.6 Å². The van der Waals surface area contributed by atoms with E-state index >= 15 is 0 Å². The Morgan fingerprint density at radius 1 is 1.29 bits per heavy atom. The van der Waals surface area contributed by atoms with E-state index < -0.39 is 5.41 Å². The number of furan rings is 1. The van der Waals surface area contributed by atoms with Crippen molar-refractivity contribution in [3.63, 3.8) is 0 Å². The van der Waals surface area contributed by atoms with Crippen LogP contribution in [0.3, 0.4) is 0 Å². The van der Waals surface area contributed by atoms with Gasteiger partial charge in [-0.2, -0.15) is 0 Å². The Hall–Kier alpha value is -1.84. The minimum Gasteiger partial charge on any atom is -0.472 e. The molecule has 0 amide bonds. The molecular formula is C20H22O4. The average molecular weight is 326 g/mol. The van der Waals surface area contributed by atoms with E-state index in [0.717, 1.165) is 43.2 Å². The quantitative estimate of drug-likeness (QED) is 0.733. The number of allylic oxidation sites excluding steroid dienone is 2. The minimum atomic E-state index is -0.454. The molecule has 4 nitrogen and oxygen atoms in total. The standard InChI is InChI=1S/C20H22O4/c1-11-7-13-8-16(21)14-3-2-4-15(18(13)14)20(11)9-17(24-19(20)22)12-5-6-23-10-12/h5-6,10-11,13,15,17H,2-4,7-9H2,1H3/t11-,13+,15+,17+,20-/m1/s1. The largest absolute Gasteiger partial charge is 0.472 e. The fraction of sp³-hybridized carbons (Fsp3) is 0.600. The molecule has 1 aliphatic heterocycles. The summed E-state index contributed by atoms with van der Waals surface area (Å²) in [7, 11) is 0. The lowest BCUT2D eigenvalue weighted by atomic mass is 9.53. The SMILES string of the molecule is C[C@@H]1C[C@H]2CC(=O)C3=C2[C@H](CCC3)[C@@]12C[C@@H](c1ccoc1)OC2=O. The van der Waals surface area contributed by atoms with Crippen LogP contribution in [0.4, 0.5) is 0 Å². The van der Waals surface area contributed by atoms with Gasteiger partial charge in [0.25, 0.3) is 0 Å². The Bertz CT molecular complexity index is 744. The van der Waals surface area contributed by atoms with Gasteiger partial charge in [-0.3, -0.25) is 9.59 Å². The molecule has 4 heteroatoms. The summed E-state index contributed by atoms with van der Waals surface area (Å²) in [6.07, 6.45) is 8.36. The van der Waals surface area contributed by atoms with Crippen LogP contribution in [0.15, 0.2) is 34.2 Å². The molecule has 0 bridgehead atoms. The lowest BCUT2D eigenvalue weighted by molar-refractivity contribution is -0.155. The van der Waals surface area contributed by atoms with E-state index in [0.29, 0.717) is 18.1 Å². The number of cyclic esters (lactones) is 1. The predicted octanol–water partition coefficient (Wildman–Crippen LogP) is 3.98. The Kier molecular flexibility index (Phi) is 2.92. The van der Waals surface area contributed by atoms with Crippen LogP contribution in [0, 0.1) is 23.2 Å². The van der Waals surface area contributed by atoms with E-state index in [9.17, 15) is 9.59 Å². The molecule has 2 fully saturated rings. The van der Waals surface area contributed by atoms with Gasteiger partial charge < -0.3 is 9.15 Å². The molecule has 5 atom stereocenters. The van der Waals surface area contributed by atoms with Crippen molar-refractivity contribution < 1.29 is 18.7 Å². The molecule has 0 N–H and O–H groups in total. The first-order chi connectivity index (χ1) is 11.6. The zero-order valence-electron chi connectivity index (χ0n) is 13.9. The molecule has 126 valence electrons. The van der Waals surface area contributed by atoms with Crippen LogP contribution >= 0.6 is 0 Å². The molecule has 0 radical (unpaired) electrons. The first-order valence-corrected chi connectivity index (χ1v) is 9.10. The van der Waals surface area contributed by atoms with Gasteiger partial charge in [-0.1, -0.05) is 12.5 Å². The summed E-state index contributed by atoms with van der Waals surface area (Å²) in [4.78, 5) is 25.5. The average Bonchev–Trinajstić information content (AvgIpc) is 3.26. The highest BCUT2D eigenvalue weighted by Crippen LogP contribution is 2.64. The van der Waals surface area contributed by atoms with E-state index in [1.807, 2.05) is 6.07 Å². The summed E-state index contributed by atoms with van der Waals surface area (Å²) in [6, 6.07) is 1.89. The minimum absolute atomic E-state index is 0.0576. The van der Waals surface area contributed by atoms with Crippen molar-refractivity contribution in [3.8, 4) is 0 Å². The lowest BCUT2D eigenvalue weighted by Crippen LogP contribution is -2.47. The van der Waals surface area contributed by atoms with E-state index in [4.69, 9.17) is 9.15 Å². The number of ketones is 1. The van der Waals surface area contributed by atoms with Crippen LogP contribution < -0.4 is 0 Å². The van der Waals surface area contributed by atoms with Crippen molar-refractivity contribution >= 4 is 11.8 Å². The number of Topliss-reactive ketones (excluding diaryl/α,β-unsaturated/α-hetero) is 1. The maximum absolute atomic E-state index is 13.1. The highest BCUT2D eigenvalue weighted by Gasteiger charge is 2.63. The van der Waals surface area contributed by atoms with Gasteiger partial charge in [0.2, 0.25) is 0 Å². The Morgan fingerprint density at radius 2 is 2.17 bits per heavy atom. The van der Waals surface area contributed by atoms with E-state index in [1.165, 1.54) is 5.57 Å². The molecule has 3 aliphatic carbocycles. The third kappa shape index (κ3) is 1.69. The number of esters is 1. The van der Waals surface area contributed by atoms with E-state index in [2.05, 4.69) is 6.92 Å². The van der Waals surface area contributed by atoms with Crippen molar-refractivity contribution in [1.29, 1.82) is 0 Å². The van der Waals surface area contributed by atoms with Gasteiger partial charge in [0, 0.05) is 18.4 Å². The first kappa shape index (κ1) is 14.5. The molecule has 1 saturated heterocycles. The maximum atomic E-state index is 13.1. The Morgan fingerprint density at radius 3 is 2.96 bits per heavy atom. The molecule has 0 unspecified atom stereocenters. The summed E-state index contributed by atoms with van der Waals surface area (Å²) in [5.74, 6) is 1.11.